The molecule has 0 radical (unpaired) electrons. The summed E-state index contributed by atoms with van der Waals surface area (Å²) in [6.07, 6.45) is -0.770. The molecule has 1 heterocycles. The molecule has 21 heavy (non-hydrogen) atoms. The highest BCUT2D eigenvalue weighted by Gasteiger charge is 2.21. The van der Waals surface area contributed by atoms with Gasteiger partial charge in [-0.25, -0.2) is 0 Å². The van der Waals surface area contributed by atoms with E-state index < -0.39 is 6.10 Å². The number of aliphatic hydroxyl groups excluding tert-OH is 1. The van der Waals surface area contributed by atoms with Gasteiger partial charge in [0.1, 0.15) is 6.10 Å². The molecule has 1 N–H and O–H groups in total. The predicted molar refractivity (Wildman–Crippen MR) is 75.8 cm³/mol. The first-order chi connectivity index (χ1) is 10.2. The van der Waals surface area contributed by atoms with Crippen LogP contribution in [0.4, 0.5) is 0 Å². The number of ether oxygens (including phenoxy) is 2. The van der Waals surface area contributed by atoms with Crippen molar-refractivity contribution in [3.63, 3.8) is 0 Å². The zero-order valence-corrected chi connectivity index (χ0v) is 12.2. The lowest BCUT2D eigenvalue weighted by Gasteiger charge is -2.13. The largest absolute Gasteiger partial charge is 0.390 e. The molecule has 2 aromatic rings. The molecule has 0 saturated carbocycles. The lowest BCUT2D eigenvalue weighted by molar-refractivity contribution is 0.0599. The second-order valence-corrected chi connectivity index (χ2v) is 4.61. The van der Waals surface area contributed by atoms with Crippen LogP contribution in [0.15, 0.2) is 34.9 Å². The van der Waals surface area contributed by atoms with Gasteiger partial charge < -0.3 is 19.1 Å². The Labute approximate surface area is 123 Å². The van der Waals surface area contributed by atoms with Crippen LogP contribution in [-0.2, 0) is 15.9 Å². The third kappa shape index (κ3) is 4.35. The summed E-state index contributed by atoms with van der Waals surface area (Å²) in [5.41, 5.74) is 0.962. The molecule has 1 aromatic heterocycles. The molecule has 114 valence electrons. The zero-order chi connectivity index (χ0) is 15.1. The first-order valence-corrected chi connectivity index (χ1v) is 6.90. The minimum absolute atomic E-state index is 0.227. The van der Waals surface area contributed by atoms with E-state index >= 15 is 0 Å². The van der Waals surface area contributed by atoms with Gasteiger partial charge in [0.25, 0.3) is 0 Å². The number of benzene rings is 1. The van der Waals surface area contributed by atoms with Gasteiger partial charge in [0.15, 0.2) is 0 Å². The van der Waals surface area contributed by atoms with Crippen molar-refractivity contribution in [2.24, 2.45) is 0 Å². The monoisotopic (exact) mass is 292 g/mol. The van der Waals surface area contributed by atoms with Gasteiger partial charge in [-0.1, -0.05) is 35.5 Å². The molecule has 6 heteroatoms. The first kappa shape index (κ1) is 15.6. The van der Waals surface area contributed by atoms with E-state index in [-0.39, 0.29) is 19.1 Å². The van der Waals surface area contributed by atoms with E-state index in [9.17, 15) is 5.11 Å². The number of rotatable bonds is 8. The number of nitrogens with zero attached hydrogens (tertiary/aromatic N) is 2. The van der Waals surface area contributed by atoms with Crippen molar-refractivity contribution in [3.8, 4) is 0 Å². The molecule has 0 aliphatic rings. The Morgan fingerprint density at radius 3 is 2.71 bits per heavy atom. The molecule has 1 aromatic carbocycles. The van der Waals surface area contributed by atoms with Crippen LogP contribution in [0.25, 0.3) is 0 Å². The highest BCUT2D eigenvalue weighted by Crippen LogP contribution is 2.23. The van der Waals surface area contributed by atoms with E-state index in [0.717, 1.165) is 5.56 Å². The van der Waals surface area contributed by atoms with Gasteiger partial charge in [-0.15, -0.1) is 0 Å². The van der Waals surface area contributed by atoms with Gasteiger partial charge >= 0.3 is 0 Å². The van der Waals surface area contributed by atoms with E-state index in [4.69, 9.17) is 14.0 Å². The normalized spacial score (nSPS) is 14.0. The third-order valence-electron chi connectivity index (χ3n) is 2.92. The summed E-state index contributed by atoms with van der Waals surface area (Å²) >= 11 is 0. The Balaban J connectivity index is 2.13. The van der Waals surface area contributed by atoms with Gasteiger partial charge in [0.05, 0.1) is 19.1 Å². The van der Waals surface area contributed by atoms with E-state index in [1.54, 1.807) is 0 Å². The lowest BCUT2D eigenvalue weighted by Crippen LogP contribution is -2.17. The van der Waals surface area contributed by atoms with Crippen molar-refractivity contribution in [2.45, 2.75) is 25.6 Å². The summed E-state index contributed by atoms with van der Waals surface area (Å²) in [5.74, 6) is 0.831. The van der Waals surface area contributed by atoms with Crippen LogP contribution in [0, 0.1) is 0 Å². The van der Waals surface area contributed by atoms with E-state index in [1.807, 2.05) is 37.3 Å². The molecule has 0 bridgehead atoms. The quantitative estimate of drug-likeness (QED) is 0.798. The van der Waals surface area contributed by atoms with Crippen LogP contribution in [-0.4, -0.2) is 41.7 Å². The average molecular weight is 292 g/mol. The molecule has 0 spiro atoms. The minimum Gasteiger partial charge on any atom is -0.390 e. The van der Waals surface area contributed by atoms with E-state index in [0.29, 0.717) is 18.3 Å². The van der Waals surface area contributed by atoms with Crippen LogP contribution < -0.4 is 0 Å². The fourth-order valence-corrected chi connectivity index (χ4v) is 2.02. The fraction of sp³-hybridized carbons (Fsp3) is 0.467. The van der Waals surface area contributed by atoms with Gasteiger partial charge in [0, 0.05) is 13.7 Å². The van der Waals surface area contributed by atoms with Crippen molar-refractivity contribution in [1.82, 2.24) is 10.1 Å². The third-order valence-corrected chi connectivity index (χ3v) is 2.92. The van der Waals surface area contributed by atoms with Gasteiger partial charge in [-0.2, -0.15) is 4.98 Å². The SMILES string of the molecule is CCOC(c1ccccc1)c1noc(CC(O)COC)n1. The standard InChI is InChI=1S/C15H20N2O4/c1-3-20-14(11-7-5-4-6-8-11)15-16-13(21-17-15)9-12(18)10-19-2/h4-8,12,14,18H,3,9-10H2,1-2H3. The van der Waals surface area contributed by atoms with Gasteiger partial charge in [0.2, 0.25) is 11.7 Å². The number of hydrogen-bond donors (Lipinski definition) is 1. The fourth-order valence-electron chi connectivity index (χ4n) is 2.02. The maximum atomic E-state index is 9.69. The van der Waals surface area contributed by atoms with Crippen molar-refractivity contribution in [2.75, 3.05) is 20.3 Å². The van der Waals surface area contributed by atoms with E-state index in [1.165, 1.54) is 7.11 Å². The molecular formula is C15H20N2O4. The van der Waals surface area contributed by atoms with Crippen LogP contribution in [0.5, 0.6) is 0 Å². The second kappa shape index (κ2) is 7.87. The van der Waals surface area contributed by atoms with Crippen molar-refractivity contribution in [3.05, 3.63) is 47.6 Å². The summed E-state index contributed by atoms with van der Waals surface area (Å²) in [7, 11) is 1.53. The number of hydrogen-bond acceptors (Lipinski definition) is 6. The maximum absolute atomic E-state index is 9.69. The van der Waals surface area contributed by atoms with Crippen molar-refractivity contribution < 1.29 is 19.1 Å². The Morgan fingerprint density at radius 2 is 2.05 bits per heavy atom. The Kier molecular flexibility index (Phi) is 5.86. The van der Waals surface area contributed by atoms with Crippen molar-refractivity contribution >= 4 is 0 Å². The van der Waals surface area contributed by atoms with Gasteiger partial charge in [-0.3, -0.25) is 0 Å². The molecule has 2 atom stereocenters. The molecule has 2 rings (SSSR count). The molecule has 0 amide bonds. The molecule has 2 unspecified atom stereocenters. The number of methoxy groups -OCH3 is 1. The van der Waals surface area contributed by atoms with Gasteiger partial charge in [-0.05, 0) is 12.5 Å². The topological polar surface area (TPSA) is 77.6 Å². The van der Waals surface area contributed by atoms with Crippen LogP contribution in [0.3, 0.4) is 0 Å². The van der Waals surface area contributed by atoms with E-state index in [2.05, 4.69) is 10.1 Å². The Hall–Kier alpha value is -1.76. The summed E-state index contributed by atoms with van der Waals surface area (Å²) in [6, 6.07) is 9.72. The summed E-state index contributed by atoms with van der Waals surface area (Å²) in [4.78, 5) is 4.31. The Morgan fingerprint density at radius 1 is 1.29 bits per heavy atom. The second-order valence-electron chi connectivity index (χ2n) is 4.61. The Bertz CT molecular complexity index is 529. The minimum atomic E-state index is -0.662. The molecule has 6 nitrogen and oxygen atoms in total. The molecule has 0 fully saturated rings. The summed E-state index contributed by atoms with van der Waals surface area (Å²) < 4.78 is 15.8. The van der Waals surface area contributed by atoms with Crippen LogP contribution in [0.1, 0.15) is 30.3 Å². The van der Waals surface area contributed by atoms with Crippen molar-refractivity contribution in [1.29, 1.82) is 0 Å². The molecular weight excluding hydrogens is 272 g/mol. The first-order valence-electron chi connectivity index (χ1n) is 6.90. The number of aromatic nitrogens is 2. The smallest absolute Gasteiger partial charge is 0.229 e. The molecule has 0 aliphatic heterocycles. The van der Waals surface area contributed by atoms with Crippen LogP contribution in [0.2, 0.25) is 0 Å². The highest BCUT2D eigenvalue weighted by atomic mass is 16.5. The summed E-state index contributed by atoms with van der Waals surface area (Å²) in [6.45, 7) is 2.68. The molecule has 0 aliphatic carbocycles. The lowest BCUT2D eigenvalue weighted by atomic mass is 10.1. The average Bonchev–Trinajstić information content (AvgIpc) is 2.94. The predicted octanol–water partition coefficient (Wildman–Crippen LogP) is 1.75. The highest BCUT2D eigenvalue weighted by molar-refractivity contribution is 5.22. The molecule has 0 saturated heterocycles. The summed E-state index contributed by atoms with van der Waals surface area (Å²) in [5, 5.41) is 13.6. The zero-order valence-electron chi connectivity index (χ0n) is 12.2. The number of aliphatic hydroxyl groups is 1. The van der Waals surface area contributed by atoms with Crippen LogP contribution >= 0.6 is 0 Å². The maximum Gasteiger partial charge on any atom is 0.229 e.